The predicted molar refractivity (Wildman–Crippen MR) is 174 cm³/mol. The Kier molecular flexibility index (Phi) is 13.7. The molecule has 2 heterocycles. The van der Waals surface area contributed by atoms with Gasteiger partial charge in [0.2, 0.25) is 0 Å². The Labute approximate surface area is 265 Å². The summed E-state index contributed by atoms with van der Waals surface area (Å²) in [7, 11) is 0. The summed E-state index contributed by atoms with van der Waals surface area (Å²) < 4.78 is 15.6. The Bertz CT molecular complexity index is 1210. The Morgan fingerprint density at radius 2 is 1.28 bits per heavy atom. The fourth-order valence-electron chi connectivity index (χ4n) is 5.05. The molecule has 43 heavy (non-hydrogen) atoms. The molecule has 0 radical (unpaired) electrons. The lowest BCUT2D eigenvalue weighted by Crippen LogP contribution is -2.54. The molecular weight excluding hydrogens is 585 g/mol. The van der Waals surface area contributed by atoms with Gasteiger partial charge in [-0.3, -0.25) is 24.2 Å². The molecule has 4 rings (SSSR count). The normalized spacial score (nSPS) is 16.6. The molecule has 2 aliphatic rings. The maximum absolute atomic E-state index is 12.9. The number of benzene rings is 2. The monoisotopic (exact) mass is 630 g/mol. The summed E-state index contributed by atoms with van der Waals surface area (Å²) in [5, 5.41) is 0. The van der Waals surface area contributed by atoms with Crippen molar-refractivity contribution >= 4 is 41.1 Å². The number of nitrogens with zero attached hydrogens (tertiary/aromatic N) is 2. The highest BCUT2D eigenvalue weighted by Crippen LogP contribution is 2.26. The average molecular weight is 631 g/mol. The van der Waals surface area contributed by atoms with E-state index < -0.39 is 11.1 Å². The van der Waals surface area contributed by atoms with Gasteiger partial charge in [0.25, 0.3) is 0 Å². The van der Waals surface area contributed by atoms with Crippen LogP contribution in [-0.4, -0.2) is 110 Å². The van der Waals surface area contributed by atoms with E-state index >= 15 is 0 Å². The predicted octanol–water partition coefficient (Wildman–Crippen LogP) is 5.34. The maximum Gasteiger partial charge on any atom is 0.316 e. The second-order valence-corrected chi connectivity index (χ2v) is 13.3. The zero-order chi connectivity index (χ0) is 31.5. The third-order valence-electron chi connectivity index (χ3n) is 7.83. The van der Waals surface area contributed by atoms with Crippen molar-refractivity contribution in [1.29, 1.82) is 0 Å². The first kappa shape index (κ1) is 35.3. The van der Waals surface area contributed by atoms with Crippen molar-refractivity contribution in [3.05, 3.63) is 59.7 Å². The van der Waals surface area contributed by atoms with Gasteiger partial charge in [-0.25, -0.2) is 0 Å². The van der Waals surface area contributed by atoms with Gasteiger partial charge in [-0.15, -0.1) is 23.5 Å². The molecule has 2 aromatic rings. The van der Waals surface area contributed by atoms with Crippen LogP contribution in [0.3, 0.4) is 0 Å². The van der Waals surface area contributed by atoms with Crippen molar-refractivity contribution in [1.82, 2.24) is 9.80 Å². The summed E-state index contributed by atoms with van der Waals surface area (Å²) in [4.78, 5) is 43.5. The van der Waals surface area contributed by atoms with Gasteiger partial charge in [-0.05, 0) is 65.1 Å². The number of morpholine rings is 2. The Hall–Kier alpha value is -2.21. The highest BCUT2D eigenvalue weighted by Gasteiger charge is 2.37. The van der Waals surface area contributed by atoms with E-state index in [9.17, 15) is 14.4 Å². The molecule has 2 fully saturated rings. The van der Waals surface area contributed by atoms with Gasteiger partial charge in [-0.2, -0.15) is 0 Å². The van der Waals surface area contributed by atoms with Crippen LogP contribution >= 0.6 is 23.5 Å². The lowest BCUT2D eigenvalue weighted by Gasteiger charge is -2.39. The third kappa shape index (κ3) is 9.89. The standard InChI is InChI=1S/C18H25NO4S.C15H21NO2S/c1-4-23-16(20)13-24-15-7-5-14(6-8-15)17(21)18(2,3)19-9-11-22-12-10-19;1-15(2,16-7-9-18-10-8-16)14(17)12-5-4-6-13(11-12)19-3/h5-8H,4,9-13H2,1-3H3;4-6,11H,7-10H2,1-3H3. The Morgan fingerprint density at radius 1 is 0.767 bits per heavy atom. The second-order valence-electron chi connectivity index (χ2n) is 11.3. The van der Waals surface area contributed by atoms with Gasteiger partial charge in [0.15, 0.2) is 11.6 Å². The van der Waals surface area contributed by atoms with E-state index in [-0.39, 0.29) is 23.3 Å². The number of Topliss-reactive ketones (excluding diaryl/α,β-unsaturated/α-hetero) is 2. The lowest BCUT2D eigenvalue weighted by atomic mass is 9.91. The van der Waals surface area contributed by atoms with Crippen LogP contribution in [0.25, 0.3) is 0 Å². The number of hydrogen-bond acceptors (Lipinski definition) is 10. The van der Waals surface area contributed by atoms with Gasteiger partial charge in [-0.1, -0.05) is 24.3 Å². The molecule has 0 atom stereocenters. The van der Waals surface area contributed by atoms with Crippen LogP contribution in [0.15, 0.2) is 58.3 Å². The van der Waals surface area contributed by atoms with Crippen LogP contribution in [0.2, 0.25) is 0 Å². The molecule has 0 unspecified atom stereocenters. The quantitative estimate of drug-likeness (QED) is 0.184. The topological polar surface area (TPSA) is 85.4 Å². The van der Waals surface area contributed by atoms with Crippen LogP contribution in [0.1, 0.15) is 55.3 Å². The number of rotatable bonds is 11. The van der Waals surface area contributed by atoms with Crippen molar-refractivity contribution < 1.29 is 28.6 Å². The molecule has 0 bridgehead atoms. The number of thioether (sulfide) groups is 2. The van der Waals surface area contributed by atoms with Gasteiger partial charge in [0.1, 0.15) is 0 Å². The summed E-state index contributed by atoms with van der Waals surface area (Å²) in [6.07, 6.45) is 2.02. The fraction of sp³-hybridized carbons (Fsp3) is 0.545. The summed E-state index contributed by atoms with van der Waals surface area (Å²) in [5.41, 5.74) is 0.458. The molecule has 2 saturated heterocycles. The minimum Gasteiger partial charge on any atom is -0.465 e. The fourth-order valence-corrected chi connectivity index (χ4v) is 6.21. The van der Waals surface area contributed by atoms with E-state index in [1.165, 1.54) is 11.8 Å². The van der Waals surface area contributed by atoms with Crippen molar-refractivity contribution in [2.24, 2.45) is 0 Å². The Morgan fingerprint density at radius 3 is 1.77 bits per heavy atom. The minimum atomic E-state index is -0.552. The van der Waals surface area contributed by atoms with Gasteiger partial charge in [0, 0.05) is 47.1 Å². The van der Waals surface area contributed by atoms with E-state index in [1.807, 2.05) is 82.5 Å². The van der Waals surface area contributed by atoms with Gasteiger partial charge < -0.3 is 14.2 Å². The van der Waals surface area contributed by atoms with E-state index in [0.717, 1.165) is 41.5 Å². The van der Waals surface area contributed by atoms with Crippen molar-refractivity contribution in [3.8, 4) is 0 Å². The first-order valence-corrected chi connectivity index (χ1v) is 17.0. The summed E-state index contributed by atoms with van der Waals surface area (Å²) in [6, 6.07) is 15.3. The maximum atomic E-state index is 12.9. The molecular formula is C33H46N2O6S2. The number of hydrogen-bond donors (Lipinski definition) is 0. The molecule has 2 aliphatic heterocycles. The van der Waals surface area contributed by atoms with E-state index in [2.05, 4.69) is 9.80 Å². The largest absolute Gasteiger partial charge is 0.465 e. The molecule has 0 saturated carbocycles. The summed E-state index contributed by atoms with van der Waals surface area (Å²) in [5.74, 6) is 0.341. The third-order valence-corrected chi connectivity index (χ3v) is 9.54. The second kappa shape index (κ2) is 16.7. The molecule has 0 spiro atoms. The minimum absolute atomic E-state index is 0.103. The van der Waals surface area contributed by atoms with Crippen molar-refractivity contribution in [2.75, 3.05) is 71.2 Å². The molecule has 0 amide bonds. The highest BCUT2D eigenvalue weighted by atomic mass is 32.2. The molecule has 0 aliphatic carbocycles. The van der Waals surface area contributed by atoms with Crippen LogP contribution in [0.5, 0.6) is 0 Å². The summed E-state index contributed by atoms with van der Waals surface area (Å²) in [6.45, 7) is 16.1. The molecule has 236 valence electrons. The SMILES string of the molecule is CCOC(=O)CSc1ccc(C(=O)C(C)(C)N2CCOCC2)cc1.CSc1cccc(C(=O)C(C)(C)N2CCOCC2)c1. The molecule has 0 aromatic heterocycles. The number of ether oxygens (including phenoxy) is 3. The first-order valence-electron chi connectivity index (χ1n) is 14.8. The van der Waals surface area contributed by atoms with Crippen LogP contribution in [0.4, 0.5) is 0 Å². The van der Waals surface area contributed by atoms with Crippen LogP contribution in [0, 0.1) is 0 Å². The van der Waals surface area contributed by atoms with Crippen LogP contribution in [-0.2, 0) is 19.0 Å². The zero-order valence-electron chi connectivity index (χ0n) is 26.4. The molecule has 8 nitrogen and oxygen atoms in total. The van der Waals surface area contributed by atoms with E-state index in [4.69, 9.17) is 14.2 Å². The highest BCUT2D eigenvalue weighted by molar-refractivity contribution is 8.00. The smallest absolute Gasteiger partial charge is 0.316 e. The average Bonchev–Trinajstić information content (AvgIpc) is 3.04. The lowest BCUT2D eigenvalue weighted by molar-refractivity contribution is -0.139. The molecule has 10 heteroatoms. The van der Waals surface area contributed by atoms with E-state index in [1.54, 1.807) is 18.7 Å². The molecule has 2 aromatic carbocycles. The van der Waals surface area contributed by atoms with Gasteiger partial charge >= 0.3 is 5.97 Å². The van der Waals surface area contributed by atoms with Crippen molar-refractivity contribution in [3.63, 3.8) is 0 Å². The number of carbonyl (C=O) groups excluding carboxylic acids is 3. The number of esters is 1. The summed E-state index contributed by atoms with van der Waals surface area (Å²) >= 11 is 3.07. The first-order chi connectivity index (χ1) is 20.5. The zero-order valence-corrected chi connectivity index (χ0v) is 28.0. The van der Waals surface area contributed by atoms with E-state index in [0.29, 0.717) is 38.6 Å². The van der Waals surface area contributed by atoms with Crippen molar-refractivity contribution in [2.45, 2.75) is 55.5 Å². The number of carbonyl (C=O) groups is 3. The Balaban J connectivity index is 0.000000242. The molecule has 0 N–H and O–H groups in total. The number of ketones is 2. The van der Waals surface area contributed by atoms with Gasteiger partial charge in [0.05, 0.1) is 49.9 Å². The van der Waals surface area contributed by atoms with Crippen LogP contribution < -0.4 is 0 Å².